The lowest BCUT2D eigenvalue weighted by Crippen LogP contribution is -2.56. The highest BCUT2D eigenvalue weighted by atomic mass is 32.1. The van der Waals surface area contributed by atoms with Crippen LogP contribution in [-0.2, 0) is 24.5 Å². The third-order valence-corrected chi connectivity index (χ3v) is 9.84. The van der Waals surface area contributed by atoms with Crippen molar-refractivity contribution in [3.63, 3.8) is 0 Å². The SMILES string of the molecule is C=CCOC(=O)N[C@@H](C)C(=O)N[C@]1(c2nc(C(=O)OC)cs2)CCC(c2nc(C(=O)OC)cs2)=N[C@@H]1c1csc([C@@H](N)[C@@H](C)O)n1. The van der Waals surface area contributed by atoms with Crippen LogP contribution in [0, 0.1) is 0 Å². The Hall–Kier alpha value is -4.10. The second-order valence-electron chi connectivity index (χ2n) is 10.1. The van der Waals surface area contributed by atoms with Crippen molar-refractivity contribution in [2.24, 2.45) is 10.7 Å². The molecule has 15 nitrogen and oxygen atoms in total. The number of aromatic nitrogens is 3. The summed E-state index contributed by atoms with van der Waals surface area (Å²) in [6.07, 6.45) is 0.152. The van der Waals surface area contributed by atoms with Crippen molar-refractivity contribution >= 4 is 63.7 Å². The van der Waals surface area contributed by atoms with Gasteiger partial charge in [-0.3, -0.25) is 9.79 Å². The fourth-order valence-corrected chi connectivity index (χ4v) is 7.23. The van der Waals surface area contributed by atoms with Crippen molar-refractivity contribution in [1.29, 1.82) is 0 Å². The first kappa shape index (κ1) is 34.8. The van der Waals surface area contributed by atoms with E-state index >= 15 is 0 Å². The highest BCUT2D eigenvalue weighted by Crippen LogP contribution is 2.47. The van der Waals surface area contributed by atoms with Gasteiger partial charge in [0.2, 0.25) is 5.91 Å². The van der Waals surface area contributed by atoms with Crippen molar-refractivity contribution in [3.8, 4) is 0 Å². The Bertz CT molecular complexity index is 1630. The minimum absolute atomic E-state index is 0.0292. The molecule has 18 heteroatoms. The molecule has 246 valence electrons. The van der Waals surface area contributed by atoms with Crippen LogP contribution in [0.15, 0.2) is 33.8 Å². The molecule has 0 spiro atoms. The Kier molecular flexibility index (Phi) is 11.3. The van der Waals surface area contributed by atoms with Crippen molar-refractivity contribution in [2.75, 3.05) is 20.8 Å². The molecule has 2 amide bonds. The number of nitrogens with zero attached hydrogens (tertiary/aromatic N) is 4. The first-order valence-electron chi connectivity index (χ1n) is 13.8. The number of nitrogens with two attached hydrogens (primary N) is 1. The lowest BCUT2D eigenvalue weighted by molar-refractivity contribution is -0.125. The van der Waals surface area contributed by atoms with Gasteiger partial charge in [0.05, 0.1) is 37.8 Å². The number of ether oxygens (including phenoxy) is 3. The Morgan fingerprint density at radius 2 is 1.76 bits per heavy atom. The highest BCUT2D eigenvalue weighted by molar-refractivity contribution is 7.12. The van der Waals surface area contributed by atoms with Crippen molar-refractivity contribution in [2.45, 2.75) is 56.5 Å². The maximum Gasteiger partial charge on any atom is 0.408 e. The summed E-state index contributed by atoms with van der Waals surface area (Å²) in [7, 11) is 2.49. The zero-order valence-electron chi connectivity index (χ0n) is 25.3. The van der Waals surface area contributed by atoms with Crippen molar-refractivity contribution in [1.82, 2.24) is 25.6 Å². The topological polar surface area (TPSA) is 217 Å². The number of hydrogen-bond donors (Lipinski definition) is 4. The fraction of sp³-hybridized carbons (Fsp3) is 0.429. The monoisotopic (exact) mass is 691 g/mol. The predicted molar refractivity (Wildman–Crippen MR) is 170 cm³/mol. The number of carbonyl (C=O) groups is 4. The second-order valence-corrected chi connectivity index (χ2v) is 12.7. The molecule has 0 bridgehead atoms. The normalized spacial score (nSPS) is 19.6. The molecule has 0 aromatic carbocycles. The molecule has 46 heavy (non-hydrogen) atoms. The Labute approximate surface area is 275 Å². The number of carbonyl (C=O) groups excluding carboxylic acids is 4. The molecule has 0 fully saturated rings. The minimum Gasteiger partial charge on any atom is -0.464 e. The van der Waals surface area contributed by atoms with Crippen LogP contribution in [0.4, 0.5) is 4.79 Å². The average molecular weight is 692 g/mol. The van der Waals surface area contributed by atoms with Gasteiger partial charge in [0.15, 0.2) is 11.4 Å². The van der Waals surface area contributed by atoms with Gasteiger partial charge in [-0.05, 0) is 26.7 Å². The number of rotatable bonds is 12. The van der Waals surface area contributed by atoms with E-state index in [0.29, 0.717) is 26.4 Å². The number of nitrogens with one attached hydrogen (secondary N) is 2. The summed E-state index contributed by atoms with van der Waals surface area (Å²) in [6, 6.07) is -2.79. The zero-order chi connectivity index (χ0) is 33.6. The molecular formula is C28H33N7O8S3. The summed E-state index contributed by atoms with van der Waals surface area (Å²) in [5.41, 5.74) is 5.90. The molecule has 1 aliphatic heterocycles. The quantitative estimate of drug-likeness (QED) is 0.122. The summed E-state index contributed by atoms with van der Waals surface area (Å²) >= 11 is 3.54. The molecule has 1 aliphatic rings. The minimum atomic E-state index is -1.39. The van der Waals surface area contributed by atoms with Gasteiger partial charge in [0.1, 0.15) is 39.3 Å². The van der Waals surface area contributed by atoms with E-state index in [0.717, 1.165) is 11.3 Å². The number of esters is 2. The molecular weight excluding hydrogens is 659 g/mol. The zero-order valence-corrected chi connectivity index (χ0v) is 27.8. The van der Waals surface area contributed by atoms with Crippen molar-refractivity contribution in [3.05, 3.63) is 60.9 Å². The highest BCUT2D eigenvalue weighted by Gasteiger charge is 2.50. The van der Waals surface area contributed by atoms with Crippen LogP contribution in [0.25, 0.3) is 0 Å². The molecule has 5 atom stereocenters. The van der Waals surface area contributed by atoms with Gasteiger partial charge < -0.3 is 35.7 Å². The maximum atomic E-state index is 13.7. The number of amides is 2. The second kappa shape index (κ2) is 15.0. The van der Waals surface area contributed by atoms with E-state index in [1.807, 2.05) is 0 Å². The molecule has 3 aromatic heterocycles. The Morgan fingerprint density at radius 3 is 2.41 bits per heavy atom. The predicted octanol–water partition coefficient (Wildman–Crippen LogP) is 2.65. The van der Waals surface area contributed by atoms with Gasteiger partial charge in [-0.25, -0.2) is 29.3 Å². The third kappa shape index (κ3) is 7.47. The van der Waals surface area contributed by atoms with Crippen LogP contribution in [0.2, 0.25) is 0 Å². The number of aliphatic hydroxyl groups is 1. The first-order chi connectivity index (χ1) is 21.9. The molecule has 5 N–H and O–H groups in total. The van der Waals surface area contributed by atoms with Gasteiger partial charge in [-0.2, -0.15) is 0 Å². The molecule has 4 rings (SSSR count). The number of hydrogen-bond acceptors (Lipinski definition) is 16. The van der Waals surface area contributed by atoms with Crippen molar-refractivity contribution < 1.29 is 38.5 Å². The number of thiazole rings is 3. The summed E-state index contributed by atoms with van der Waals surface area (Å²) in [4.78, 5) is 69.2. The van der Waals surface area contributed by atoms with Gasteiger partial charge in [0, 0.05) is 16.1 Å². The molecule has 0 radical (unpaired) electrons. The summed E-state index contributed by atoms with van der Waals surface area (Å²) in [6.45, 7) is 6.49. The van der Waals surface area contributed by atoms with Crippen LogP contribution in [0.5, 0.6) is 0 Å². The largest absolute Gasteiger partial charge is 0.464 e. The molecule has 3 aromatic rings. The van der Waals surface area contributed by atoms with Crippen LogP contribution in [0.3, 0.4) is 0 Å². The van der Waals surface area contributed by atoms with Gasteiger partial charge in [-0.1, -0.05) is 12.7 Å². The number of methoxy groups -OCH3 is 2. The Balaban J connectivity index is 1.85. The van der Waals surface area contributed by atoms with E-state index in [2.05, 4.69) is 27.2 Å². The lowest BCUT2D eigenvalue weighted by Gasteiger charge is -2.41. The van der Waals surface area contributed by atoms with Gasteiger partial charge >= 0.3 is 18.0 Å². The summed E-state index contributed by atoms with van der Waals surface area (Å²) < 4.78 is 14.6. The van der Waals surface area contributed by atoms with Crippen LogP contribution >= 0.6 is 34.0 Å². The molecule has 0 saturated heterocycles. The van der Waals surface area contributed by atoms with Gasteiger partial charge in [-0.15, -0.1) is 34.0 Å². The fourth-order valence-electron chi connectivity index (χ4n) is 4.49. The smallest absolute Gasteiger partial charge is 0.408 e. The first-order valence-corrected chi connectivity index (χ1v) is 16.5. The van der Waals surface area contributed by atoms with Gasteiger partial charge in [0.25, 0.3) is 0 Å². The van der Waals surface area contributed by atoms with Crippen LogP contribution < -0.4 is 16.4 Å². The third-order valence-electron chi connectivity index (χ3n) is 6.96. The van der Waals surface area contributed by atoms with E-state index in [1.54, 1.807) is 17.7 Å². The van der Waals surface area contributed by atoms with E-state index in [9.17, 15) is 24.3 Å². The molecule has 0 unspecified atom stereocenters. The average Bonchev–Trinajstić information content (AvgIpc) is 3.84. The van der Waals surface area contributed by atoms with E-state index < -0.39 is 53.7 Å². The number of aliphatic hydroxyl groups excluding tert-OH is 1. The molecule has 0 aliphatic carbocycles. The molecule has 0 saturated carbocycles. The van der Waals surface area contributed by atoms with Crippen LogP contribution in [0.1, 0.15) is 80.5 Å². The van der Waals surface area contributed by atoms with E-state index in [4.69, 9.17) is 29.9 Å². The van der Waals surface area contributed by atoms with E-state index in [-0.39, 0.29) is 30.8 Å². The lowest BCUT2D eigenvalue weighted by atomic mass is 9.80. The number of aliphatic imine (C=N–C) groups is 1. The van der Waals surface area contributed by atoms with E-state index in [1.165, 1.54) is 55.3 Å². The Morgan fingerprint density at radius 1 is 1.09 bits per heavy atom. The maximum absolute atomic E-state index is 13.7. The summed E-state index contributed by atoms with van der Waals surface area (Å²) in [5, 5.41) is 21.7. The summed E-state index contributed by atoms with van der Waals surface area (Å²) in [5.74, 6) is -1.86. The number of alkyl carbamates (subject to hydrolysis) is 1. The standard InChI is InChI=1S/C28H33N7O8S3/c1-6-9-43-27(40)30-13(2)21(37)35-28(26-34-18(12-46-26)25(39)42-5)8-7-15(22-33-17(11-44-22)24(38)41-4)31-20(28)16-10-45-23(32-16)19(29)14(3)36/h6,10-14,19-20,36H,1,7-9,29H2,2-5H3,(H,30,40)(H,35,37)/t13-,14+,19-,20+,28+/m0/s1. The van der Waals surface area contributed by atoms with Crippen LogP contribution in [-0.4, -0.2) is 82.7 Å². The molecule has 4 heterocycles.